The van der Waals surface area contributed by atoms with Gasteiger partial charge in [0.15, 0.2) is 0 Å². The number of fused-ring (bicyclic) bond motifs is 1. The maximum Gasteiger partial charge on any atom is 0.260 e. The van der Waals surface area contributed by atoms with Crippen LogP contribution < -0.4 is 10.1 Å². The third-order valence-corrected chi connectivity index (χ3v) is 5.75. The van der Waals surface area contributed by atoms with Crippen molar-refractivity contribution in [2.24, 2.45) is 5.92 Å². The Morgan fingerprint density at radius 1 is 1.36 bits per heavy atom. The molecule has 1 N–H and O–H groups in total. The number of nitrogens with one attached hydrogen (secondary N) is 1. The average molecular weight is 395 g/mol. The summed E-state index contributed by atoms with van der Waals surface area (Å²) in [5.41, 5.74) is 0.614. The fraction of sp³-hybridized carbons (Fsp3) is 0.579. The number of benzene rings is 1. The second kappa shape index (κ2) is 7.98. The van der Waals surface area contributed by atoms with Crippen molar-refractivity contribution < 1.29 is 17.9 Å². The van der Waals surface area contributed by atoms with Gasteiger partial charge in [-0.2, -0.15) is 10.1 Å². The van der Waals surface area contributed by atoms with Crippen molar-refractivity contribution in [1.82, 2.24) is 19.7 Å². The summed E-state index contributed by atoms with van der Waals surface area (Å²) in [5, 5.41) is 7.22. The number of rotatable bonds is 5. The van der Waals surface area contributed by atoms with Crippen LogP contribution in [0, 0.1) is 11.7 Å². The molecule has 6 nitrogen and oxygen atoms in total. The lowest BCUT2D eigenvalue weighted by atomic mass is 9.86. The molecule has 3 heterocycles. The van der Waals surface area contributed by atoms with E-state index in [1.807, 2.05) is 0 Å². The molecule has 3 atom stereocenters. The average Bonchev–Trinajstić information content (AvgIpc) is 3.17. The van der Waals surface area contributed by atoms with Gasteiger partial charge in [-0.25, -0.2) is 17.9 Å². The first-order chi connectivity index (χ1) is 13.5. The highest BCUT2D eigenvalue weighted by Gasteiger charge is 2.38. The van der Waals surface area contributed by atoms with Gasteiger partial charge in [-0.15, -0.1) is 0 Å². The molecule has 0 radical (unpaired) electrons. The molecule has 1 aromatic carbocycles. The van der Waals surface area contributed by atoms with Crippen molar-refractivity contribution in [2.45, 2.75) is 44.3 Å². The fourth-order valence-electron chi connectivity index (χ4n) is 4.29. The Labute approximate surface area is 161 Å². The summed E-state index contributed by atoms with van der Waals surface area (Å²) in [7, 11) is 1.51. The second-order valence-corrected chi connectivity index (χ2v) is 7.51. The van der Waals surface area contributed by atoms with Gasteiger partial charge in [0.2, 0.25) is 5.95 Å². The SMILES string of the molecule is COc1ccc(CN2CCCC([C@@H]3C[C@H](C(F)F)n4ncnc4N3)C2)c(F)c1. The third-order valence-electron chi connectivity index (χ3n) is 5.75. The Hall–Kier alpha value is -2.29. The molecule has 2 aromatic rings. The number of anilines is 1. The standard InChI is InChI=1S/C19H24F3N5O/c1-28-14-5-4-12(15(20)7-14)9-26-6-2-3-13(10-26)16-8-17(18(21)22)27-19(25-16)23-11-24-27/h4-5,7,11,13,16-18H,2-3,6,8-10H2,1H3,(H,23,24,25)/t13?,16-,17+/m0/s1. The van der Waals surface area contributed by atoms with E-state index in [1.54, 1.807) is 12.1 Å². The Kier molecular flexibility index (Phi) is 5.43. The molecular weight excluding hydrogens is 371 g/mol. The Balaban J connectivity index is 1.44. The van der Waals surface area contributed by atoms with Gasteiger partial charge in [-0.05, 0) is 37.8 Å². The molecule has 0 aliphatic carbocycles. The second-order valence-electron chi connectivity index (χ2n) is 7.51. The monoisotopic (exact) mass is 395 g/mol. The number of hydrogen-bond acceptors (Lipinski definition) is 5. The van der Waals surface area contributed by atoms with E-state index in [4.69, 9.17) is 4.74 Å². The highest BCUT2D eigenvalue weighted by molar-refractivity contribution is 5.30. The van der Waals surface area contributed by atoms with Gasteiger partial charge in [0.05, 0.1) is 7.11 Å². The van der Waals surface area contributed by atoms with Crippen molar-refractivity contribution in [1.29, 1.82) is 0 Å². The van der Waals surface area contributed by atoms with Crippen LogP contribution >= 0.6 is 0 Å². The summed E-state index contributed by atoms with van der Waals surface area (Å²) in [6.45, 7) is 2.09. The zero-order chi connectivity index (χ0) is 19.7. The van der Waals surface area contributed by atoms with Crippen molar-refractivity contribution in [2.75, 3.05) is 25.5 Å². The fourth-order valence-corrected chi connectivity index (χ4v) is 4.29. The molecule has 152 valence electrons. The molecule has 0 spiro atoms. The highest BCUT2D eigenvalue weighted by Crippen LogP contribution is 2.35. The quantitative estimate of drug-likeness (QED) is 0.842. The number of halogens is 3. The number of methoxy groups -OCH3 is 1. The van der Waals surface area contributed by atoms with Crippen LogP contribution in [0.15, 0.2) is 24.5 Å². The maximum atomic E-state index is 14.3. The van der Waals surface area contributed by atoms with E-state index in [9.17, 15) is 13.2 Å². The summed E-state index contributed by atoms with van der Waals surface area (Å²) in [4.78, 5) is 6.27. The topological polar surface area (TPSA) is 55.2 Å². The van der Waals surface area contributed by atoms with Crippen molar-refractivity contribution in [3.8, 4) is 5.75 Å². The minimum absolute atomic E-state index is 0.0979. The Bertz CT molecular complexity index is 815. The first kappa shape index (κ1) is 19.0. The summed E-state index contributed by atoms with van der Waals surface area (Å²) in [6.07, 6.45) is 1.03. The lowest BCUT2D eigenvalue weighted by Gasteiger charge is -2.40. The Morgan fingerprint density at radius 2 is 2.21 bits per heavy atom. The van der Waals surface area contributed by atoms with E-state index < -0.39 is 12.5 Å². The molecule has 0 amide bonds. The van der Waals surface area contributed by atoms with Crippen molar-refractivity contribution >= 4 is 5.95 Å². The predicted octanol–water partition coefficient (Wildman–Crippen LogP) is 3.33. The number of ether oxygens (including phenoxy) is 1. The van der Waals surface area contributed by atoms with E-state index in [2.05, 4.69) is 20.3 Å². The lowest BCUT2D eigenvalue weighted by molar-refractivity contribution is 0.0550. The van der Waals surface area contributed by atoms with E-state index in [-0.39, 0.29) is 17.8 Å². The summed E-state index contributed by atoms with van der Waals surface area (Å²) < 4.78 is 47.6. The highest BCUT2D eigenvalue weighted by atomic mass is 19.3. The predicted molar refractivity (Wildman–Crippen MR) is 98.0 cm³/mol. The van der Waals surface area contributed by atoms with Gasteiger partial charge in [0, 0.05) is 30.8 Å². The van der Waals surface area contributed by atoms with Crippen LogP contribution in [-0.2, 0) is 6.54 Å². The summed E-state index contributed by atoms with van der Waals surface area (Å²) >= 11 is 0. The molecule has 28 heavy (non-hydrogen) atoms. The molecule has 0 bridgehead atoms. The van der Waals surface area contributed by atoms with Crippen molar-refractivity contribution in [3.63, 3.8) is 0 Å². The van der Waals surface area contributed by atoms with Gasteiger partial charge < -0.3 is 10.1 Å². The minimum atomic E-state index is -2.49. The first-order valence-electron chi connectivity index (χ1n) is 9.54. The van der Waals surface area contributed by atoms with E-state index in [0.717, 1.165) is 25.9 Å². The van der Waals surface area contributed by atoms with Crippen LogP contribution in [0.5, 0.6) is 5.75 Å². The molecule has 1 saturated heterocycles. The van der Waals surface area contributed by atoms with E-state index in [0.29, 0.717) is 30.2 Å². The Morgan fingerprint density at radius 3 is 2.96 bits per heavy atom. The van der Waals surface area contributed by atoms with E-state index in [1.165, 1.54) is 24.2 Å². The smallest absolute Gasteiger partial charge is 0.260 e. The first-order valence-corrected chi connectivity index (χ1v) is 9.54. The number of likely N-dealkylation sites (tertiary alicyclic amines) is 1. The van der Waals surface area contributed by atoms with Gasteiger partial charge >= 0.3 is 0 Å². The molecule has 2 aliphatic heterocycles. The molecular formula is C19H24F3N5O. The number of alkyl halides is 2. The van der Waals surface area contributed by atoms with Crippen LogP contribution in [0.3, 0.4) is 0 Å². The summed E-state index contributed by atoms with van der Waals surface area (Å²) in [5.74, 6) is 0.802. The molecule has 1 unspecified atom stereocenters. The number of piperidine rings is 1. The van der Waals surface area contributed by atoms with Crippen LogP contribution in [-0.4, -0.2) is 52.3 Å². The van der Waals surface area contributed by atoms with Crippen LogP contribution in [0.2, 0.25) is 0 Å². The van der Waals surface area contributed by atoms with Crippen LogP contribution in [0.1, 0.15) is 30.9 Å². The van der Waals surface area contributed by atoms with E-state index >= 15 is 0 Å². The van der Waals surface area contributed by atoms with Gasteiger partial charge in [-0.3, -0.25) is 4.90 Å². The molecule has 1 fully saturated rings. The van der Waals surface area contributed by atoms with Gasteiger partial charge in [-0.1, -0.05) is 6.07 Å². The molecule has 4 rings (SSSR count). The maximum absolute atomic E-state index is 14.3. The summed E-state index contributed by atoms with van der Waals surface area (Å²) in [6, 6.07) is 3.82. The molecule has 9 heteroatoms. The number of nitrogens with zero attached hydrogens (tertiary/aromatic N) is 4. The molecule has 0 saturated carbocycles. The van der Waals surface area contributed by atoms with Crippen LogP contribution in [0.4, 0.5) is 19.1 Å². The molecule has 2 aliphatic rings. The largest absolute Gasteiger partial charge is 0.497 e. The number of hydrogen-bond donors (Lipinski definition) is 1. The zero-order valence-corrected chi connectivity index (χ0v) is 15.7. The zero-order valence-electron chi connectivity index (χ0n) is 15.7. The van der Waals surface area contributed by atoms with Gasteiger partial charge in [0.1, 0.15) is 23.9 Å². The normalized spacial score (nSPS) is 25.4. The van der Waals surface area contributed by atoms with Crippen LogP contribution in [0.25, 0.3) is 0 Å². The van der Waals surface area contributed by atoms with Gasteiger partial charge in [0.25, 0.3) is 6.43 Å². The molecule has 1 aromatic heterocycles. The minimum Gasteiger partial charge on any atom is -0.497 e. The third kappa shape index (κ3) is 3.80. The lowest BCUT2D eigenvalue weighted by Crippen LogP contribution is -2.46. The van der Waals surface area contributed by atoms with Crippen molar-refractivity contribution in [3.05, 3.63) is 35.9 Å². The number of aromatic nitrogens is 3.